The molecule has 5 nitrogen and oxygen atoms in total. The molecule has 0 unspecified atom stereocenters. The van der Waals surface area contributed by atoms with Gasteiger partial charge in [-0.3, -0.25) is 4.99 Å². The first kappa shape index (κ1) is 10.2. The van der Waals surface area contributed by atoms with Crippen LogP contribution in [0.1, 0.15) is 0 Å². The van der Waals surface area contributed by atoms with E-state index in [4.69, 9.17) is 21.3 Å². The predicted octanol–water partition coefficient (Wildman–Crippen LogP) is 0.0444. The van der Waals surface area contributed by atoms with E-state index < -0.39 is 0 Å². The lowest BCUT2D eigenvalue weighted by atomic mass is 10.3. The predicted molar refractivity (Wildman–Crippen MR) is 54.3 cm³/mol. The fourth-order valence-electron chi connectivity index (χ4n) is 0.912. The molecule has 14 heavy (non-hydrogen) atoms. The molecule has 5 N–H and O–H groups in total. The minimum absolute atomic E-state index is 0.0458. The molecule has 0 atom stereocenters. The van der Waals surface area contributed by atoms with Crippen molar-refractivity contribution in [1.29, 1.82) is 0 Å². The number of phenols is 1. The molecule has 0 aliphatic rings. The van der Waals surface area contributed by atoms with Crippen LogP contribution in [-0.4, -0.2) is 24.2 Å². The van der Waals surface area contributed by atoms with Gasteiger partial charge in [-0.1, -0.05) is 6.07 Å². The fourth-order valence-corrected chi connectivity index (χ4v) is 0.912. The quantitative estimate of drug-likeness (QED) is 0.359. The van der Waals surface area contributed by atoms with Crippen LogP contribution in [0.2, 0.25) is 0 Å². The van der Waals surface area contributed by atoms with Crippen molar-refractivity contribution in [3.8, 4) is 11.5 Å². The van der Waals surface area contributed by atoms with Gasteiger partial charge >= 0.3 is 0 Å². The van der Waals surface area contributed by atoms with Crippen molar-refractivity contribution in [1.82, 2.24) is 0 Å². The number of nitrogens with two attached hydrogens (primary N) is 2. The average Bonchev–Trinajstić information content (AvgIpc) is 2.12. The van der Waals surface area contributed by atoms with E-state index in [1.54, 1.807) is 18.2 Å². The largest absolute Gasteiger partial charge is 0.508 e. The first-order valence-corrected chi connectivity index (χ1v) is 4.15. The number of phenolic OH excluding ortho intramolecular Hbond substituents is 1. The van der Waals surface area contributed by atoms with Crippen LogP contribution in [0.5, 0.6) is 11.5 Å². The molecule has 0 spiro atoms. The molecule has 0 saturated heterocycles. The standard InChI is InChI=1S/C9H13N3O2/c10-9(11)12-4-5-14-8-3-1-2-7(13)6-8/h1-3,6,13H,4-5H2,(H4,10,11,12). The lowest BCUT2D eigenvalue weighted by molar-refractivity contribution is 0.326. The SMILES string of the molecule is NC(N)=NCCOc1cccc(O)c1. The summed E-state index contributed by atoms with van der Waals surface area (Å²) >= 11 is 0. The number of aromatic hydroxyl groups is 1. The Hall–Kier alpha value is -1.91. The van der Waals surface area contributed by atoms with Gasteiger partial charge in [0.2, 0.25) is 0 Å². The number of hydrogen-bond donors (Lipinski definition) is 3. The van der Waals surface area contributed by atoms with E-state index in [1.165, 1.54) is 6.07 Å². The van der Waals surface area contributed by atoms with Crippen molar-refractivity contribution < 1.29 is 9.84 Å². The Kier molecular flexibility index (Phi) is 3.60. The number of benzene rings is 1. The molecular weight excluding hydrogens is 182 g/mol. The zero-order valence-corrected chi connectivity index (χ0v) is 7.68. The highest BCUT2D eigenvalue weighted by Crippen LogP contribution is 2.17. The van der Waals surface area contributed by atoms with E-state index in [0.717, 1.165) is 0 Å². The molecule has 1 aromatic carbocycles. The first-order chi connectivity index (χ1) is 6.68. The molecular formula is C9H13N3O2. The Balaban J connectivity index is 2.35. The summed E-state index contributed by atoms with van der Waals surface area (Å²) in [5.41, 5.74) is 10.3. The van der Waals surface area contributed by atoms with Crippen molar-refractivity contribution in [2.75, 3.05) is 13.2 Å². The Labute approximate surface area is 82.0 Å². The number of aliphatic imine (C=N–C) groups is 1. The molecule has 0 aliphatic heterocycles. The molecule has 0 aromatic heterocycles. The van der Waals surface area contributed by atoms with Crippen LogP contribution in [0.15, 0.2) is 29.3 Å². The van der Waals surface area contributed by atoms with Crippen LogP contribution in [0.25, 0.3) is 0 Å². The molecule has 1 aromatic rings. The maximum atomic E-state index is 9.11. The summed E-state index contributed by atoms with van der Waals surface area (Å²) in [4.78, 5) is 3.75. The third-order valence-electron chi connectivity index (χ3n) is 1.47. The molecule has 1 rings (SSSR count). The summed E-state index contributed by atoms with van der Waals surface area (Å²) in [6.07, 6.45) is 0. The van der Waals surface area contributed by atoms with Crippen molar-refractivity contribution in [3.05, 3.63) is 24.3 Å². The zero-order valence-electron chi connectivity index (χ0n) is 7.68. The molecule has 0 heterocycles. The molecule has 0 radical (unpaired) electrons. The molecule has 5 heteroatoms. The van der Waals surface area contributed by atoms with Crippen molar-refractivity contribution in [2.45, 2.75) is 0 Å². The van der Waals surface area contributed by atoms with E-state index in [0.29, 0.717) is 18.9 Å². The lowest BCUT2D eigenvalue weighted by Gasteiger charge is -2.04. The van der Waals surface area contributed by atoms with Crippen LogP contribution in [0, 0.1) is 0 Å². The highest BCUT2D eigenvalue weighted by atomic mass is 16.5. The summed E-state index contributed by atoms with van der Waals surface area (Å²) < 4.78 is 5.26. The second-order valence-electron chi connectivity index (χ2n) is 2.65. The first-order valence-electron chi connectivity index (χ1n) is 4.15. The Morgan fingerprint density at radius 1 is 1.43 bits per heavy atom. The minimum Gasteiger partial charge on any atom is -0.508 e. The van der Waals surface area contributed by atoms with Gasteiger partial charge in [0.1, 0.15) is 18.1 Å². The van der Waals surface area contributed by atoms with Crippen LogP contribution >= 0.6 is 0 Å². The summed E-state index contributed by atoms with van der Waals surface area (Å²) in [5.74, 6) is 0.810. The van der Waals surface area contributed by atoms with Gasteiger partial charge in [-0.05, 0) is 12.1 Å². The summed E-state index contributed by atoms with van der Waals surface area (Å²) in [5, 5.41) is 9.11. The Morgan fingerprint density at radius 3 is 2.86 bits per heavy atom. The molecule has 76 valence electrons. The van der Waals surface area contributed by atoms with Gasteiger partial charge in [-0.15, -0.1) is 0 Å². The van der Waals surface area contributed by atoms with Crippen molar-refractivity contribution >= 4 is 5.96 Å². The Morgan fingerprint density at radius 2 is 2.21 bits per heavy atom. The van der Waals surface area contributed by atoms with Crippen LogP contribution in [-0.2, 0) is 0 Å². The third kappa shape index (κ3) is 3.66. The van der Waals surface area contributed by atoms with Crippen molar-refractivity contribution in [3.63, 3.8) is 0 Å². The van der Waals surface area contributed by atoms with E-state index in [1.807, 2.05) is 0 Å². The maximum Gasteiger partial charge on any atom is 0.186 e. The molecule has 0 saturated carbocycles. The second kappa shape index (κ2) is 4.96. The van der Waals surface area contributed by atoms with Gasteiger partial charge < -0.3 is 21.3 Å². The highest BCUT2D eigenvalue weighted by molar-refractivity contribution is 5.75. The fraction of sp³-hybridized carbons (Fsp3) is 0.222. The highest BCUT2D eigenvalue weighted by Gasteiger charge is 1.93. The van der Waals surface area contributed by atoms with Gasteiger partial charge in [-0.25, -0.2) is 0 Å². The summed E-state index contributed by atoms with van der Waals surface area (Å²) in [6.45, 7) is 0.777. The van der Waals surface area contributed by atoms with Crippen LogP contribution < -0.4 is 16.2 Å². The smallest absolute Gasteiger partial charge is 0.186 e. The van der Waals surface area contributed by atoms with Gasteiger partial charge in [0.25, 0.3) is 0 Å². The monoisotopic (exact) mass is 195 g/mol. The Bertz CT molecular complexity index is 322. The van der Waals surface area contributed by atoms with Crippen LogP contribution in [0.3, 0.4) is 0 Å². The van der Waals surface area contributed by atoms with E-state index in [-0.39, 0.29) is 11.7 Å². The van der Waals surface area contributed by atoms with E-state index >= 15 is 0 Å². The van der Waals surface area contributed by atoms with Gasteiger partial charge in [-0.2, -0.15) is 0 Å². The summed E-state index contributed by atoms with van der Waals surface area (Å²) in [6, 6.07) is 6.54. The zero-order chi connectivity index (χ0) is 10.4. The van der Waals surface area contributed by atoms with Gasteiger partial charge in [0.05, 0.1) is 6.54 Å². The maximum absolute atomic E-state index is 9.11. The molecule has 0 amide bonds. The van der Waals surface area contributed by atoms with Gasteiger partial charge in [0, 0.05) is 6.07 Å². The number of ether oxygens (including phenoxy) is 1. The number of nitrogens with zero attached hydrogens (tertiary/aromatic N) is 1. The van der Waals surface area contributed by atoms with Crippen molar-refractivity contribution in [2.24, 2.45) is 16.5 Å². The average molecular weight is 195 g/mol. The molecule has 0 fully saturated rings. The number of rotatable bonds is 4. The molecule has 0 aliphatic carbocycles. The second-order valence-corrected chi connectivity index (χ2v) is 2.65. The number of hydrogen-bond acceptors (Lipinski definition) is 3. The third-order valence-corrected chi connectivity index (χ3v) is 1.47. The topological polar surface area (TPSA) is 93.9 Å². The molecule has 0 bridgehead atoms. The number of guanidine groups is 1. The van der Waals surface area contributed by atoms with Crippen LogP contribution in [0.4, 0.5) is 0 Å². The summed E-state index contributed by atoms with van der Waals surface area (Å²) in [7, 11) is 0. The van der Waals surface area contributed by atoms with E-state index in [9.17, 15) is 0 Å². The van der Waals surface area contributed by atoms with E-state index in [2.05, 4.69) is 4.99 Å². The lowest BCUT2D eigenvalue weighted by Crippen LogP contribution is -2.23. The minimum atomic E-state index is 0.0458. The van der Waals surface area contributed by atoms with Gasteiger partial charge in [0.15, 0.2) is 5.96 Å². The normalized spacial score (nSPS) is 9.43.